The third kappa shape index (κ3) is 4.86. The highest BCUT2D eigenvalue weighted by Gasteiger charge is 2.29. The Labute approximate surface area is 173 Å². The number of rotatable bonds is 5. The quantitative estimate of drug-likeness (QED) is 0.769. The number of benzene rings is 1. The third-order valence-corrected chi connectivity index (χ3v) is 6.10. The van der Waals surface area contributed by atoms with Crippen LogP contribution in [0.2, 0.25) is 0 Å². The lowest BCUT2D eigenvalue weighted by atomic mass is 10.0. The van der Waals surface area contributed by atoms with Gasteiger partial charge in [0, 0.05) is 69.2 Å². The van der Waals surface area contributed by atoms with Gasteiger partial charge in [-0.3, -0.25) is 4.90 Å². The normalized spacial score (nSPS) is 20.9. The summed E-state index contributed by atoms with van der Waals surface area (Å²) in [5.41, 5.74) is 2.18. The maximum absolute atomic E-state index is 13.2. The van der Waals surface area contributed by atoms with Gasteiger partial charge in [0.1, 0.15) is 17.5 Å². The predicted octanol–water partition coefficient (Wildman–Crippen LogP) is 3.67. The zero-order valence-electron chi connectivity index (χ0n) is 17.6. The molecule has 6 heteroatoms. The molecule has 2 aliphatic rings. The summed E-state index contributed by atoms with van der Waals surface area (Å²) in [5.74, 6) is 1.89. The van der Waals surface area contributed by atoms with Gasteiger partial charge in [-0.25, -0.2) is 14.4 Å². The first-order valence-corrected chi connectivity index (χ1v) is 11.0. The van der Waals surface area contributed by atoms with Gasteiger partial charge in [0.15, 0.2) is 0 Å². The summed E-state index contributed by atoms with van der Waals surface area (Å²) in [6.45, 7) is 10.5. The SMILES string of the molecule is CCCc1nc(C)cc(N2CCC[C@H](N3CCN(c4ccc(F)cc4)CC3)C2)n1. The van der Waals surface area contributed by atoms with Gasteiger partial charge in [-0.05, 0) is 50.5 Å². The molecule has 0 bridgehead atoms. The topological polar surface area (TPSA) is 35.5 Å². The minimum atomic E-state index is -0.170. The Bertz CT molecular complexity index is 801. The van der Waals surface area contributed by atoms with Gasteiger partial charge in [0.05, 0.1) is 0 Å². The van der Waals surface area contributed by atoms with E-state index in [2.05, 4.69) is 39.6 Å². The zero-order chi connectivity index (χ0) is 20.2. The summed E-state index contributed by atoms with van der Waals surface area (Å²) in [6.07, 6.45) is 4.47. The molecule has 156 valence electrons. The lowest BCUT2D eigenvalue weighted by Crippen LogP contribution is -2.55. The highest BCUT2D eigenvalue weighted by molar-refractivity contribution is 5.46. The maximum Gasteiger partial charge on any atom is 0.132 e. The number of nitrogens with zero attached hydrogens (tertiary/aromatic N) is 5. The van der Waals surface area contributed by atoms with Gasteiger partial charge in [0.2, 0.25) is 0 Å². The largest absolute Gasteiger partial charge is 0.369 e. The molecule has 29 heavy (non-hydrogen) atoms. The average Bonchev–Trinajstić information content (AvgIpc) is 2.74. The Morgan fingerprint density at radius 3 is 2.48 bits per heavy atom. The van der Waals surface area contributed by atoms with E-state index in [9.17, 15) is 4.39 Å². The fraction of sp³-hybridized carbons (Fsp3) is 0.565. The van der Waals surface area contributed by atoms with Crippen LogP contribution in [0.4, 0.5) is 15.9 Å². The molecule has 1 atom stereocenters. The van der Waals surface area contributed by atoms with Gasteiger partial charge in [-0.2, -0.15) is 0 Å². The van der Waals surface area contributed by atoms with E-state index in [0.717, 1.165) is 75.1 Å². The first-order chi connectivity index (χ1) is 14.1. The lowest BCUT2D eigenvalue weighted by Gasteiger charge is -2.44. The minimum Gasteiger partial charge on any atom is -0.369 e. The van der Waals surface area contributed by atoms with Crippen molar-refractivity contribution in [1.29, 1.82) is 0 Å². The highest BCUT2D eigenvalue weighted by Crippen LogP contribution is 2.24. The number of aryl methyl sites for hydroxylation is 2. The van der Waals surface area contributed by atoms with Gasteiger partial charge in [-0.1, -0.05) is 6.92 Å². The van der Waals surface area contributed by atoms with E-state index in [-0.39, 0.29) is 5.82 Å². The highest BCUT2D eigenvalue weighted by atomic mass is 19.1. The van der Waals surface area contributed by atoms with E-state index in [1.165, 1.54) is 12.8 Å². The van der Waals surface area contributed by atoms with Crippen molar-refractivity contribution >= 4 is 11.5 Å². The molecular formula is C23H32FN5. The molecule has 0 saturated carbocycles. The van der Waals surface area contributed by atoms with Crippen molar-refractivity contribution in [2.24, 2.45) is 0 Å². The summed E-state index contributed by atoms with van der Waals surface area (Å²) in [6, 6.07) is 9.59. The fourth-order valence-electron chi connectivity index (χ4n) is 4.57. The molecular weight excluding hydrogens is 365 g/mol. The number of anilines is 2. The van der Waals surface area contributed by atoms with E-state index in [1.807, 2.05) is 12.1 Å². The first-order valence-electron chi connectivity index (χ1n) is 11.0. The van der Waals surface area contributed by atoms with Gasteiger partial charge in [0.25, 0.3) is 0 Å². The second-order valence-corrected chi connectivity index (χ2v) is 8.28. The minimum absolute atomic E-state index is 0.170. The Balaban J connectivity index is 1.37. The van der Waals surface area contributed by atoms with Crippen molar-refractivity contribution in [3.63, 3.8) is 0 Å². The molecule has 0 N–H and O–H groups in total. The molecule has 2 fully saturated rings. The summed E-state index contributed by atoms with van der Waals surface area (Å²) in [5, 5.41) is 0. The van der Waals surface area contributed by atoms with Crippen LogP contribution >= 0.6 is 0 Å². The Morgan fingerprint density at radius 1 is 1.00 bits per heavy atom. The lowest BCUT2D eigenvalue weighted by molar-refractivity contribution is 0.166. The molecule has 5 nitrogen and oxygen atoms in total. The van der Waals surface area contributed by atoms with Gasteiger partial charge < -0.3 is 9.80 Å². The van der Waals surface area contributed by atoms with Crippen LogP contribution in [0.1, 0.15) is 37.7 Å². The molecule has 1 aromatic heterocycles. The monoisotopic (exact) mass is 397 g/mol. The Morgan fingerprint density at radius 2 is 1.76 bits per heavy atom. The number of hydrogen-bond acceptors (Lipinski definition) is 5. The molecule has 0 aliphatic carbocycles. The van der Waals surface area contributed by atoms with Crippen LogP contribution in [0.25, 0.3) is 0 Å². The van der Waals surface area contributed by atoms with Crippen LogP contribution in [-0.4, -0.2) is 60.2 Å². The van der Waals surface area contributed by atoms with Crippen molar-refractivity contribution < 1.29 is 4.39 Å². The van der Waals surface area contributed by atoms with Crippen LogP contribution in [0.5, 0.6) is 0 Å². The molecule has 2 aromatic rings. The zero-order valence-corrected chi connectivity index (χ0v) is 17.6. The third-order valence-electron chi connectivity index (χ3n) is 6.10. The van der Waals surface area contributed by atoms with Gasteiger partial charge in [-0.15, -0.1) is 0 Å². The molecule has 1 aromatic carbocycles. The maximum atomic E-state index is 13.2. The number of piperazine rings is 1. The van der Waals surface area contributed by atoms with Crippen molar-refractivity contribution in [2.45, 2.75) is 45.6 Å². The van der Waals surface area contributed by atoms with Crippen LogP contribution in [0, 0.1) is 12.7 Å². The molecule has 0 spiro atoms. The van der Waals surface area contributed by atoms with Crippen LogP contribution < -0.4 is 9.80 Å². The molecule has 3 heterocycles. The second-order valence-electron chi connectivity index (χ2n) is 8.28. The number of aromatic nitrogens is 2. The first kappa shape index (κ1) is 20.1. The van der Waals surface area contributed by atoms with Crippen LogP contribution in [0.15, 0.2) is 30.3 Å². The molecule has 4 rings (SSSR count). The standard InChI is InChI=1S/C23H32FN5/c1-3-5-22-25-18(2)16-23(26-22)29-11-4-6-21(17-29)28-14-12-27(13-15-28)20-9-7-19(24)8-10-20/h7-10,16,21H,3-6,11-15,17H2,1-2H3/t21-/m0/s1. The van der Waals surface area contributed by atoms with Gasteiger partial charge >= 0.3 is 0 Å². The summed E-state index contributed by atoms with van der Waals surface area (Å²) in [7, 11) is 0. The van der Waals surface area contributed by atoms with Crippen molar-refractivity contribution in [1.82, 2.24) is 14.9 Å². The summed E-state index contributed by atoms with van der Waals surface area (Å²) in [4.78, 5) is 16.9. The van der Waals surface area contributed by atoms with E-state index in [4.69, 9.17) is 4.98 Å². The van der Waals surface area contributed by atoms with Crippen LogP contribution in [-0.2, 0) is 6.42 Å². The molecule has 2 saturated heterocycles. The average molecular weight is 398 g/mol. The fourth-order valence-corrected chi connectivity index (χ4v) is 4.57. The van der Waals surface area contributed by atoms with Crippen molar-refractivity contribution in [3.8, 4) is 0 Å². The number of hydrogen-bond donors (Lipinski definition) is 0. The summed E-state index contributed by atoms with van der Waals surface area (Å²) >= 11 is 0. The Hall–Kier alpha value is -2.21. The molecule has 0 unspecified atom stereocenters. The van der Waals surface area contributed by atoms with Crippen molar-refractivity contribution in [3.05, 3.63) is 47.7 Å². The van der Waals surface area contributed by atoms with Crippen LogP contribution in [0.3, 0.4) is 0 Å². The van der Waals surface area contributed by atoms with E-state index in [0.29, 0.717) is 6.04 Å². The molecule has 0 radical (unpaired) electrons. The van der Waals surface area contributed by atoms with E-state index < -0.39 is 0 Å². The number of piperidine rings is 1. The van der Waals surface area contributed by atoms with E-state index in [1.54, 1.807) is 12.1 Å². The van der Waals surface area contributed by atoms with E-state index >= 15 is 0 Å². The summed E-state index contributed by atoms with van der Waals surface area (Å²) < 4.78 is 13.2. The number of halogens is 1. The second kappa shape index (κ2) is 9.08. The molecule has 2 aliphatic heterocycles. The predicted molar refractivity (Wildman–Crippen MR) is 116 cm³/mol. The smallest absolute Gasteiger partial charge is 0.132 e. The van der Waals surface area contributed by atoms with Crippen molar-refractivity contribution in [2.75, 3.05) is 49.1 Å². The Kier molecular flexibility index (Phi) is 6.28. The molecule has 0 amide bonds.